The van der Waals surface area contributed by atoms with E-state index in [9.17, 15) is 35.9 Å². The van der Waals surface area contributed by atoms with Gasteiger partial charge in [0.15, 0.2) is 0 Å². The summed E-state index contributed by atoms with van der Waals surface area (Å²) in [6.07, 6.45) is -13.0. The molecule has 0 saturated carbocycles. The number of rotatable bonds is 9. The summed E-state index contributed by atoms with van der Waals surface area (Å²) in [6, 6.07) is 19.0. The largest absolute Gasteiger partial charge is 0.446 e. The van der Waals surface area contributed by atoms with E-state index in [1.54, 1.807) is 61.5 Å². The Balaban J connectivity index is 1.70. The zero-order chi connectivity index (χ0) is 33.7. The quantitative estimate of drug-likeness (QED) is 0.235. The third-order valence-electron chi connectivity index (χ3n) is 8.22. The second-order valence-corrected chi connectivity index (χ2v) is 11.3. The number of likely N-dealkylation sites (tertiary alicyclic amines) is 1. The van der Waals surface area contributed by atoms with Crippen LogP contribution < -0.4 is 5.73 Å². The number of piperidine rings is 1. The van der Waals surface area contributed by atoms with Crippen LogP contribution in [0.1, 0.15) is 60.6 Å². The maximum Gasteiger partial charge on any atom is 0.416 e. The van der Waals surface area contributed by atoms with Gasteiger partial charge in [-0.1, -0.05) is 60.7 Å². The van der Waals surface area contributed by atoms with Gasteiger partial charge in [-0.15, -0.1) is 0 Å². The molecule has 3 aromatic carbocycles. The van der Waals surface area contributed by atoms with Crippen LogP contribution in [0.2, 0.25) is 0 Å². The molecule has 13 heteroatoms. The molecule has 3 aromatic rings. The highest BCUT2D eigenvalue weighted by Gasteiger charge is 2.48. The molecule has 0 aromatic heterocycles. The molecular formula is C33H34F6N2O5. The molecule has 2 amide bonds. The van der Waals surface area contributed by atoms with Crippen LogP contribution in [0.25, 0.3) is 0 Å². The van der Waals surface area contributed by atoms with Crippen molar-refractivity contribution in [1.82, 2.24) is 4.90 Å². The van der Waals surface area contributed by atoms with Gasteiger partial charge in [0.05, 0.1) is 29.4 Å². The topological polar surface area (TPSA) is 91.1 Å². The van der Waals surface area contributed by atoms with E-state index in [2.05, 4.69) is 0 Å². The molecule has 2 N–H and O–H groups in total. The average Bonchev–Trinajstić information content (AvgIpc) is 3.02. The van der Waals surface area contributed by atoms with Crippen molar-refractivity contribution in [1.29, 1.82) is 0 Å². The molecule has 1 heterocycles. The summed E-state index contributed by atoms with van der Waals surface area (Å²) in [7, 11) is 0. The lowest BCUT2D eigenvalue weighted by Crippen LogP contribution is -2.58. The van der Waals surface area contributed by atoms with Crippen LogP contribution in [0.3, 0.4) is 0 Å². The second-order valence-electron chi connectivity index (χ2n) is 11.3. The molecule has 7 nitrogen and oxygen atoms in total. The minimum atomic E-state index is -5.03. The van der Waals surface area contributed by atoms with Crippen LogP contribution in [0, 0.1) is 5.92 Å². The molecule has 4 rings (SSSR count). The van der Waals surface area contributed by atoms with Crippen LogP contribution in [0.5, 0.6) is 0 Å². The molecular weight excluding hydrogens is 618 g/mol. The van der Waals surface area contributed by atoms with Crippen molar-refractivity contribution in [3.8, 4) is 0 Å². The average molecular weight is 653 g/mol. The van der Waals surface area contributed by atoms with E-state index in [1.165, 1.54) is 11.8 Å². The Labute approximate surface area is 262 Å². The molecule has 1 saturated heterocycles. The van der Waals surface area contributed by atoms with E-state index < -0.39 is 53.4 Å². The third-order valence-corrected chi connectivity index (χ3v) is 8.22. The summed E-state index contributed by atoms with van der Waals surface area (Å²) in [5, 5.41) is 0. The van der Waals surface area contributed by atoms with E-state index in [4.69, 9.17) is 19.9 Å². The summed E-state index contributed by atoms with van der Waals surface area (Å²) in [5.74, 6) is -0.371. The number of carbonyl (C=O) groups is 2. The van der Waals surface area contributed by atoms with Gasteiger partial charge in [0.2, 0.25) is 0 Å². The number of benzene rings is 3. The number of nitrogens with zero attached hydrogens (tertiary/aromatic N) is 1. The van der Waals surface area contributed by atoms with Crippen LogP contribution >= 0.6 is 0 Å². The molecule has 0 spiro atoms. The standard InChI is InChI=1S/C33H34F6N2O5/c1-21(25-15-27(32(34,35)36)17-28(16-25)33(37,38)39)45-20-31(26-11-7-4-8-12-26)14-13-24(22(2)46-29(40)42)18-41(31)30(43)44-19-23-9-5-3-6-10-23/h3-12,15-17,21-22,24H,13-14,18-20H2,1-2H3,(H2,40,42)/t21-,22?,24?,31?/m1/s1. The lowest BCUT2D eigenvalue weighted by Gasteiger charge is -2.50. The maximum atomic E-state index is 13.8. The minimum Gasteiger partial charge on any atom is -0.446 e. The van der Waals surface area contributed by atoms with Gasteiger partial charge in [-0.3, -0.25) is 4.90 Å². The van der Waals surface area contributed by atoms with Crippen molar-refractivity contribution < 1.29 is 50.1 Å². The van der Waals surface area contributed by atoms with Gasteiger partial charge in [0.25, 0.3) is 0 Å². The van der Waals surface area contributed by atoms with E-state index in [-0.39, 0.29) is 43.7 Å². The highest BCUT2D eigenvalue weighted by atomic mass is 19.4. The Morgan fingerprint density at radius 3 is 2.02 bits per heavy atom. The first-order chi connectivity index (χ1) is 21.6. The Bertz CT molecular complexity index is 1450. The first-order valence-corrected chi connectivity index (χ1v) is 14.5. The molecule has 248 valence electrons. The summed E-state index contributed by atoms with van der Waals surface area (Å²) >= 11 is 0. The number of ether oxygens (including phenoxy) is 3. The van der Waals surface area contributed by atoms with Gasteiger partial charge >= 0.3 is 24.5 Å². The molecule has 1 aliphatic rings. The predicted octanol–water partition coefficient (Wildman–Crippen LogP) is 8.23. The zero-order valence-corrected chi connectivity index (χ0v) is 25.1. The number of hydrogen-bond donors (Lipinski definition) is 1. The molecule has 0 radical (unpaired) electrons. The van der Waals surface area contributed by atoms with Crippen molar-refractivity contribution in [2.24, 2.45) is 11.7 Å². The third kappa shape index (κ3) is 8.31. The number of primary amides is 1. The lowest BCUT2D eigenvalue weighted by molar-refractivity contribution is -0.143. The normalized spacial score (nSPS) is 20.1. The first-order valence-electron chi connectivity index (χ1n) is 14.5. The number of hydrogen-bond acceptors (Lipinski definition) is 5. The van der Waals surface area contributed by atoms with Crippen molar-refractivity contribution in [2.75, 3.05) is 13.2 Å². The van der Waals surface area contributed by atoms with Crippen LogP contribution in [0.15, 0.2) is 78.9 Å². The fourth-order valence-electron chi connectivity index (χ4n) is 5.62. The predicted molar refractivity (Wildman–Crippen MR) is 155 cm³/mol. The van der Waals surface area contributed by atoms with Crippen LogP contribution in [0.4, 0.5) is 35.9 Å². The van der Waals surface area contributed by atoms with Gasteiger partial charge in [-0.05, 0) is 61.6 Å². The Morgan fingerprint density at radius 2 is 1.48 bits per heavy atom. The van der Waals surface area contributed by atoms with E-state index in [0.717, 1.165) is 5.56 Å². The molecule has 1 fully saturated rings. The first kappa shape index (κ1) is 34.6. The Kier molecular flexibility index (Phi) is 10.5. The number of alkyl halides is 6. The molecule has 46 heavy (non-hydrogen) atoms. The van der Waals surface area contributed by atoms with Gasteiger partial charge in [-0.25, -0.2) is 9.59 Å². The van der Waals surface area contributed by atoms with Crippen molar-refractivity contribution >= 4 is 12.2 Å². The Morgan fingerprint density at radius 1 is 0.913 bits per heavy atom. The number of amides is 2. The summed E-state index contributed by atoms with van der Waals surface area (Å²) in [5.41, 5.74) is 2.07. The molecule has 3 unspecified atom stereocenters. The van der Waals surface area contributed by atoms with Crippen molar-refractivity contribution in [3.05, 3.63) is 107 Å². The smallest absolute Gasteiger partial charge is 0.416 e. The summed E-state index contributed by atoms with van der Waals surface area (Å²) < 4.78 is 98.4. The van der Waals surface area contributed by atoms with Gasteiger partial charge < -0.3 is 19.9 Å². The Hall–Kier alpha value is -4.26. The highest BCUT2D eigenvalue weighted by Crippen LogP contribution is 2.43. The van der Waals surface area contributed by atoms with Crippen LogP contribution in [-0.2, 0) is 38.7 Å². The maximum absolute atomic E-state index is 13.8. The van der Waals surface area contributed by atoms with Crippen molar-refractivity contribution in [2.45, 2.75) is 63.4 Å². The van der Waals surface area contributed by atoms with Crippen molar-refractivity contribution in [3.63, 3.8) is 0 Å². The van der Waals surface area contributed by atoms with E-state index >= 15 is 0 Å². The van der Waals surface area contributed by atoms with E-state index in [1.807, 2.05) is 6.07 Å². The zero-order valence-electron chi connectivity index (χ0n) is 25.1. The molecule has 4 atom stereocenters. The molecule has 0 aliphatic carbocycles. The molecule has 1 aliphatic heterocycles. The lowest BCUT2D eigenvalue weighted by atomic mass is 9.76. The SMILES string of the molecule is CC(OC(N)=O)C1CCC(CO[C@H](C)c2cc(C(F)(F)F)cc(C(F)(F)F)c2)(c2ccccc2)N(C(=O)OCc2ccccc2)C1. The fourth-order valence-corrected chi connectivity index (χ4v) is 5.62. The minimum absolute atomic E-state index is 0.0243. The summed E-state index contributed by atoms with van der Waals surface area (Å²) in [4.78, 5) is 26.8. The highest BCUT2D eigenvalue weighted by molar-refractivity contribution is 5.70. The van der Waals surface area contributed by atoms with E-state index in [0.29, 0.717) is 24.1 Å². The monoisotopic (exact) mass is 652 g/mol. The van der Waals surface area contributed by atoms with Gasteiger partial charge in [0, 0.05) is 12.5 Å². The summed E-state index contributed by atoms with van der Waals surface area (Å²) in [6.45, 7) is 2.65. The number of carbonyl (C=O) groups excluding carboxylic acids is 2. The fraction of sp³-hybridized carbons (Fsp3) is 0.394. The van der Waals surface area contributed by atoms with Gasteiger partial charge in [0.1, 0.15) is 12.7 Å². The van der Waals surface area contributed by atoms with Crippen LogP contribution in [-0.4, -0.2) is 36.3 Å². The van der Waals surface area contributed by atoms with Gasteiger partial charge in [-0.2, -0.15) is 26.3 Å². The molecule has 0 bridgehead atoms. The number of nitrogens with two attached hydrogens (primary N) is 1. The number of halogens is 6. The second kappa shape index (κ2) is 14.0.